The lowest BCUT2D eigenvalue weighted by Crippen LogP contribution is -2.25. The fraction of sp³-hybridized carbons (Fsp3) is 0.304. The van der Waals surface area contributed by atoms with E-state index in [-0.39, 0.29) is 18.9 Å². The summed E-state index contributed by atoms with van der Waals surface area (Å²) < 4.78 is 18.0. The van der Waals surface area contributed by atoms with E-state index in [2.05, 4.69) is 10.4 Å². The zero-order valence-corrected chi connectivity index (χ0v) is 19.0. The van der Waals surface area contributed by atoms with E-state index in [1.54, 1.807) is 33.5 Å². The molecule has 1 aromatic heterocycles. The number of halogens is 1. The first kappa shape index (κ1) is 22.5. The van der Waals surface area contributed by atoms with Crippen LogP contribution in [0.2, 0.25) is 5.02 Å². The van der Waals surface area contributed by atoms with Gasteiger partial charge in [-0.25, -0.2) is 4.68 Å². The van der Waals surface area contributed by atoms with Crippen molar-refractivity contribution in [3.05, 3.63) is 63.9 Å². The van der Waals surface area contributed by atoms with Crippen molar-refractivity contribution in [1.82, 2.24) is 15.1 Å². The molecule has 0 aliphatic heterocycles. The van der Waals surface area contributed by atoms with E-state index in [0.29, 0.717) is 22.3 Å². The molecular formula is C23H26ClN3O4. The number of hydrogen-bond acceptors (Lipinski definition) is 5. The van der Waals surface area contributed by atoms with Gasteiger partial charge in [-0.05, 0) is 38.1 Å². The molecule has 0 aliphatic rings. The monoisotopic (exact) mass is 443 g/mol. The van der Waals surface area contributed by atoms with Crippen molar-refractivity contribution in [2.24, 2.45) is 0 Å². The fourth-order valence-electron chi connectivity index (χ4n) is 3.43. The maximum Gasteiger partial charge on any atom is 0.224 e. The van der Waals surface area contributed by atoms with Gasteiger partial charge in [-0.15, -0.1) is 0 Å². The second kappa shape index (κ2) is 9.75. The van der Waals surface area contributed by atoms with Crippen LogP contribution in [-0.4, -0.2) is 37.0 Å². The van der Waals surface area contributed by atoms with Gasteiger partial charge in [0.1, 0.15) is 17.2 Å². The number of amides is 1. The summed E-state index contributed by atoms with van der Waals surface area (Å²) in [4.78, 5) is 12.7. The van der Waals surface area contributed by atoms with Crippen LogP contribution >= 0.6 is 11.6 Å². The molecule has 0 saturated heterocycles. The van der Waals surface area contributed by atoms with Gasteiger partial charge in [0.25, 0.3) is 0 Å². The molecule has 1 N–H and O–H groups in total. The molecule has 7 nitrogen and oxygen atoms in total. The molecule has 0 unspecified atom stereocenters. The van der Waals surface area contributed by atoms with Crippen LogP contribution in [0.4, 0.5) is 0 Å². The Balaban J connectivity index is 1.76. The lowest BCUT2D eigenvalue weighted by atomic mass is 10.1. The first-order chi connectivity index (χ1) is 14.9. The third-order valence-electron chi connectivity index (χ3n) is 5.13. The van der Waals surface area contributed by atoms with Crippen molar-refractivity contribution in [3.8, 4) is 22.9 Å². The molecule has 2 aromatic carbocycles. The summed E-state index contributed by atoms with van der Waals surface area (Å²) in [5.41, 5.74) is 4.24. The zero-order valence-electron chi connectivity index (χ0n) is 18.3. The van der Waals surface area contributed by atoms with Gasteiger partial charge in [-0.2, -0.15) is 5.10 Å². The molecule has 0 radical (unpaired) electrons. The van der Waals surface area contributed by atoms with E-state index in [1.807, 2.05) is 42.8 Å². The average Bonchev–Trinajstić information content (AvgIpc) is 3.05. The number of nitrogens with zero attached hydrogens (tertiary/aromatic N) is 2. The van der Waals surface area contributed by atoms with Crippen molar-refractivity contribution < 1.29 is 19.0 Å². The molecule has 3 aromatic rings. The minimum atomic E-state index is -0.123. The van der Waals surface area contributed by atoms with Crippen LogP contribution in [0.1, 0.15) is 22.5 Å². The predicted octanol–water partition coefficient (Wildman–Crippen LogP) is 4.03. The standard InChI is InChI=1S/C23H26ClN3O4/c1-14-19(15(2)27(26-14)17-8-6-16(24)7-9-17)12-23(28)25-13-20-21(30-4)10-18(29-3)11-22(20)31-5/h6-11H,12-13H2,1-5H3,(H,25,28). The Kier molecular flexibility index (Phi) is 7.07. The van der Waals surface area contributed by atoms with Crippen molar-refractivity contribution in [2.45, 2.75) is 26.8 Å². The number of nitrogens with one attached hydrogen (secondary N) is 1. The van der Waals surface area contributed by atoms with Gasteiger partial charge in [0.2, 0.25) is 5.91 Å². The average molecular weight is 444 g/mol. The number of carbonyl (C=O) groups excluding carboxylic acids is 1. The van der Waals surface area contributed by atoms with E-state index in [1.165, 1.54) is 0 Å². The Morgan fingerprint density at radius 1 is 1.00 bits per heavy atom. The molecule has 0 bridgehead atoms. The third kappa shape index (κ3) is 4.94. The third-order valence-corrected chi connectivity index (χ3v) is 5.38. The Morgan fingerprint density at radius 2 is 1.61 bits per heavy atom. The topological polar surface area (TPSA) is 74.6 Å². The van der Waals surface area contributed by atoms with Crippen LogP contribution in [0.15, 0.2) is 36.4 Å². The SMILES string of the molecule is COc1cc(OC)c(CNC(=O)Cc2c(C)nn(-c3ccc(Cl)cc3)c2C)c(OC)c1. The van der Waals surface area contributed by atoms with Gasteiger partial charge in [0.15, 0.2) is 0 Å². The quantitative estimate of drug-likeness (QED) is 0.569. The largest absolute Gasteiger partial charge is 0.496 e. The summed E-state index contributed by atoms with van der Waals surface area (Å²) in [5, 5.41) is 8.21. The number of benzene rings is 2. The summed E-state index contributed by atoms with van der Waals surface area (Å²) in [6, 6.07) is 10.9. The Labute approximate surface area is 186 Å². The molecule has 0 aliphatic carbocycles. The van der Waals surface area contributed by atoms with E-state index in [9.17, 15) is 4.79 Å². The molecule has 1 amide bonds. The van der Waals surface area contributed by atoms with Gasteiger partial charge in [-0.1, -0.05) is 11.6 Å². The van der Waals surface area contributed by atoms with E-state index in [4.69, 9.17) is 25.8 Å². The maximum absolute atomic E-state index is 12.7. The van der Waals surface area contributed by atoms with Crippen LogP contribution in [0.3, 0.4) is 0 Å². The molecule has 31 heavy (non-hydrogen) atoms. The number of aromatic nitrogens is 2. The molecule has 8 heteroatoms. The molecular weight excluding hydrogens is 418 g/mol. The number of hydrogen-bond donors (Lipinski definition) is 1. The van der Waals surface area contributed by atoms with Gasteiger partial charge in [-0.3, -0.25) is 4.79 Å². The molecule has 0 saturated carbocycles. The minimum Gasteiger partial charge on any atom is -0.496 e. The van der Waals surface area contributed by atoms with Gasteiger partial charge in [0, 0.05) is 28.4 Å². The summed E-state index contributed by atoms with van der Waals surface area (Å²) in [5.74, 6) is 1.66. The number of aryl methyl sites for hydroxylation is 1. The summed E-state index contributed by atoms with van der Waals surface area (Å²) in [6.45, 7) is 4.11. The van der Waals surface area contributed by atoms with Crippen molar-refractivity contribution in [1.29, 1.82) is 0 Å². The summed E-state index contributed by atoms with van der Waals surface area (Å²) in [7, 11) is 4.71. The first-order valence-electron chi connectivity index (χ1n) is 9.74. The highest BCUT2D eigenvalue weighted by molar-refractivity contribution is 6.30. The van der Waals surface area contributed by atoms with Crippen LogP contribution in [0, 0.1) is 13.8 Å². The van der Waals surface area contributed by atoms with Crippen LogP contribution in [0.25, 0.3) is 5.69 Å². The van der Waals surface area contributed by atoms with Crippen LogP contribution < -0.4 is 19.5 Å². The van der Waals surface area contributed by atoms with Gasteiger partial charge < -0.3 is 19.5 Å². The van der Waals surface area contributed by atoms with E-state index < -0.39 is 0 Å². The smallest absolute Gasteiger partial charge is 0.224 e. The molecule has 164 valence electrons. The summed E-state index contributed by atoms with van der Waals surface area (Å²) in [6.07, 6.45) is 0.214. The van der Waals surface area contributed by atoms with Gasteiger partial charge in [0.05, 0.1) is 51.2 Å². The Bertz CT molecular complexity index is 1050. The molecule has 0 spiro atoms. The second-order valence-electron chi connectivity index (χ2n) is 7.00. The summed E-state index contributed by atoms with van der Waals surface area (Å²) >= 11 is 5.98. The molecule has 0 fully saturated rings. The highest BCUT2D eigenvalue weighted by atomic mass is 35.5. The van der Waals surface area contributed by atoms with Crippen LogP contribution in [-0.2, 0) is 17.8 Å². The Hall–Kier alpha value is -3.19. The molecule has 3 rings (SSSR count). The van der Waals surface area contributed by atoms with E-state index in [0.717, 1.165) is 28.2 Å². The number of rotatable bonds is 8. The maximum atomic E-state index is 12.7. The second-order valence-corrected chi connectivity index (χ2v) is 7.44. The normalized spacial score (nSPS) is 10.6. The lowest BCUT2D eigenvalue weighted by molar-refractivity contribution is -0.120. The number of ether oxygens (including phenoxy) is 3. The van der Waals surface area contributed by atoms with Crippen molar-refractivity contribution in [3.63, 3.8) is 0 Å². The number of methoxy groups -OCH3 is 3. The number of carbonyl (C=O) groups is 1. The highest BCUT2D eigenvalue weighted by Gasteiger charge is 2.18. The zero-order chi connectivity index (χ0) is 22.5. The van der Waals surface area contributed by atoms with Gasteiger partial charge >= 0.3 is 0 Å². The lowest BCUT2D eigenvalue weighted by Gasteiger charge is -2.15. The van der Waals surface area contributed by atoms with Crippen molar-refractivity contribution >= 4 is 17.5 Å². The van der Waals surface area contributed by atoms with Crippen LogP contribution in [0.5, 0.6) is 17.2 Å². The minimum absolute atomic E-state index is 0.123. The first-order valence-corrected chi connectivity index (χ1v) is 10.1. The Morgan fingerprint density at radius 3 is 2.16 bits per heavy atom. The molecule has 1 heterocycles. The van der Waals surface area contributed by atoms with Crippen molar-refractivity contribution in [2.75, 3.05) is 21.3 Å². The highest BCUT2D eigenvalue weighted by Crippen LogP contribution is 2.34. The van der Waals surface area contributed by atoms with E-state index >= 15 is 0 Å². The fourth-order valence-corrected chi connectivity index (χ4v) is 3.55. The predicted molar refractivity (Wildman–Crippen MR) is 120 cm³/mol. The molecule has 0 atom stereocenters.